The van der Waals surface area contributed by atoms with Gasteiger partial charge in [0.15, 0.2) is 5.82 Å². The molecule has 0 saturated heterocycles. The van der Waals surface area contributed by atoms with Crippen molar-refractivity contribution >= 4 is 39.0 Å². The van der Waals surface area contributed by atoms with Gasteiger partial charge in [-0.25, -0.2) is 8.42 Å². The molecule has 0 aliphatic rings. The highest BCUT2D eigenvalue weighted by Crippen LogP contribution is 2.30. The quantitative estimate of drug-likeness (QED) is 0.934. The van der Waals surface area contributed by atoms with E-state index in [0.717, 1.165) is 12.1 Å². The molecule has 1 N–H and O–H groups in total. The zero-order valence-corrected chi connectivity index (χ0v) is 13.2. The van der Waals surface area contributed by atoms with Crippen molar-refractivity contribution in [3.05, 3.63) is 40.0 Å². The zero-order valence-electron chi connectivity index (χ0n) is 10.9. The molecular formula is C12H13Cl2N3O2S. The number of hydrogen-bond donors (Lipinski definition) is 1. The van der Waals surface area contributed by atoms with Crippen molar-refractivity contribution in [1.82, 2.24) is 9.78 Å². The SMILES string of the molecule is CCc1cc(NS(=O)(=O)c2cccc(Cl)c2Cl)nn1C. The summed E-state index contributed by atoms with van der Waals surface area (Å²) in [5, 5.41) is 4.27. The molecule has 1 aromatic heterocycles. The number of halogens is 2. The molecular weight excluding hydrogens is 321 g/mol. The summed E-state index contributed by atoms with van der Waals surface area (Å²) >= 11 is 11.8. The Labute approximate surface area is 127 Å². The van der Waals surface area contributed by atoms with Crippen molar-refractivity contribution in [3.8, 4) is 0 Å². The first-order valence-electron chi connectivity index (χ1n) is 5.85. The summed E-state index contributed by atoms with van der Waals surface area (Å²) in [5.41, 5.74) is 0.917. The molecule has 0 radical (unpaired) electrons. The minimum Gasteiger partial charge on any atom is -0.271 e. The number of anilines is 1. The number of benzene rings is 1. The van der Waals surface area contributed by atoms with Crippen molar-refractivity contribution in [1.29, 1.82) is 0 Å². The highest BCUT2D eigenvalue weighted by Gasteiger charge is 2.21. The van der Waals surface area contributed by atoms with Gasteiger partial charge in [-0.15, -0.1) is 0 Å². The second-order valence-corrected chi connectivity index (χ2v) is 6.59. The molecule has 0 spiro atoms. The Balaban J connectivity index is 2.38. The van der Waals surface area contributed by atoms with Crippen LogP contribution in [-0.2, 0) is 23.5 Å². The van der Waals surface area contributed by atoms with Crippen LogP contribution in [0.25, 0.3) is 0 Å². The van der Waals surface area contributed by atoms with Crippen LogP contribution in [0.1, 0.15) is 12.6 Å². The molecule has 1 heterocycles. The molecule has 0 fully saturated rings. The molecule has 0 unspecified atom stereocenters. The normalized spacial score (nSPS) is 11.6. The fourth-order valence-electron chi connectivity index (χ4n) is 1.77. The molecule has 2 aromatic rings. The lowest BCUT2D eigenvalue weighted by atomic mass is 10.3. The minimum atomic E-state index is -3.82. The number of nitrogens with one attached hydrogen (secondary N) is 1. The van der Waals surface area contributed by atoms with E-state index in [1.807, 2.05) is 6.92 Å². The Morgan fingerprint density at radius 2 is 2.05 bits per heavy atom. The van der Waals surface area contributed by atoms with Gasteiger partial charge in [0, 0.05) is 18.8 Å². The third-order valence-corrected chi connectivity index (χ3v) is 5.11. The van der Waals surface area contributed by atoms with Gasteiger partial charge in [-0.1, -0.05) is 36.2 Å². The van der Waals surface area contributed by atoms with Crippen LogP contribution < -0.4 is 4.72 Å². The monoisotopic (exact) mass is 333 g/mol. The highest BCUT2D eigenvalue weighted by molar-refractivity contribution is 7.92. The summed E-state index contributed by atoms with van der Waals surface area (Å²) in [6, 6.07) is 6.12. The molecule has 1 aromatic carbocycles. The first kappa shape index (κ1) is 15.2. The zero-order chi connectivity index (χ0) is 14.9. The molecule has 8 heteroatoms. The summed E-state index contributed by atoms with van der Waals surface area (Å²) in [6.45, 7) is 1.96. The van der Waals surface area contributed by atoms with E-state index < -0.39 is 10.0 Å². The van der Waals surface area contributed by atoms with Crippen molar-refractivity contribution in [2.24, 2.45) is 7.05 Å². The van der Waals surface area contributed by atoms with E-state index in [1.165, 1.54) is 18.2 Å². The maximum absolute atomic E-state index is 12.3. The van der Waals surface area contributed by atoms with Crippen molar-refractivity contribution in [2.75, 3.05) is 4.72 Å². The van der Waals surface area contributed by atoms with Gasteiger partial charge >= 0.3 is 0 Å². The molecule has 20 heavy (non-hydrogen) atoms. The van der Waals surface area contributed by atoms with Crippen LogP contribution >= 0.6 is 23.2 Å². The lowest BCUT2D eigenvalue weighted by molar-refractivity contribution is 0.601. The van der Waals surface area contributed by atoms with E-state index in [0.29, 0.717) is 0 Å². The fraction of sp³-hybridized carbons (Fsp3) is 0.250. The third-order valence-electron chi connectivity index (χ3n) is 2.78. The minimum absolute atomic E-state index is 0.00619. The van der Waals surface area contributed by atoms with Gasteiger partial charge in [0.25, 0.3) is 10.0 Å². The van der Waals surface area contributed by atoms with Crippen LogP contribution in [0, 0.1) is 0 Å². The Kier molecular flexibility index (Phi) is 4.27. The Morgan fingerprint density at radius 1 is 1.35 bits per heavy atom. The largest absolute Gasteiger partial charge is 0.271 e. The predicted octanol–water partition coefficient (Wildman–Crippen LogP) is 3.09. The first-order valence-corrected chi connectivity index (χ1v) is 8.09. The second kappa shape index (κ2) is 5.63. The topological polar surface area (TPSA) is 64.0 Å². The van der Waals surface area contributed by atoms with Gasteiger partial charge < -0.3 is 0 Å². The average Bonchev–Trinajstić information content (AvgIpc) is 2.71. The number of sulfonamides is 1. The standard InChI is InChI=1S/C12H13Cl2N3O2S/c1-3-8-7-11(15-17(8)2)16-20(18,19)10-6-4-5-9(13)12(10)14/h4-7H,3H2,1-2H3,(H,15,16). The Hall–Kier alpha value is -1.24. The Morgan fingerprint density at radius 3 is 2.65 bits per heavy atom. The van der Waals surface area contributed by atoms with Crippen LogP contribution in [0.3, 0.4) is 0 Å². The van der Waals surface area contributed by atoms with Crippen LogP contribution in [-0.4, -0.2) is 18.2 Å². The van der Waals surface area contributed by atoms with E-state index >= 15 is 0 Å². The van der Waals surface area contributed by atoms with Gasteiger partial charge in [0.05, 0.1) is 10.0 Å². The molecule has 0 amide bonds. The van der Waals surface area contributed by atoms with Gasteiger partial charge in [0.2, 0.25) is 0 Å². The number of rotatable bonds is 4. The molecule has 5 nitrogen and oxygen atoms in total. The maximum Gasteiger partial charge on any atom is 0.264 e. The smallest absolute Gasteiger partial charge is 0.264 e. The van der Waals surface area contributed by atoms with Gasteiger partial charge in [0.1, 0.15) is 4.90 Å². The number of hydrogen-bond acceptors (Lipinski definition) is 3. The summed E-state index contributed by atoms with van der Waals surface area (Å²) < 4.78 is 28.6. The van der Waals surface area contributed by atoms with Crippen LogP contribution in [0.4, 0.5) is 5.82 Å². The average molecular weight is 334 g/mol. The van der Waals surface area contributed by atoms with E-state index in [1.54, 1.807) is 17.8 Å². The summed E-state index contributed by atoms with van der Waals surface area (Å²) in [7, 11) is -2.07. The molecule has 2 rings (SSSR count). The van der Waals surface area contributed by atoms with Crippen molar-refractivity contribution < 1.29 is 8.42 Å². The summed E-state index contributed by atoms with van der Waals surface area (Å²) in [6.07, 6.45) is 0.753. The first-order chi connectivity index (χ1) is 9.35. The number of aromatic nitrogens is 2. The van der Waals surface area contributed by atoms with E-state index in [-0.39, 0.29) is 20.8 Å². The molecule has 108 valence electrons. The molecule has 0 bridgehead atoms. The van der Waals surface area contributed by atoms with Crippen LogP contribution in [0.15, 0.2) is 29.2 Å². The summed E-state index contributed by atoms with van der Waals surface area (Å²) in [4.78, 5) is -0.0737. The van der Waals surface area contributed by atoms with Crippen molar-refractivity contribution in [3.63, 3.8) is 0 Å². The molecule has 0 atom stereocenters. The molecule has 0 aliphatic carbocycles. The predicted molar refractivity (Wildman–Crippen MR) is 79.9 cm³/mol. The van der Waals surface area contributed by atoms with Gasteiger partial charge in [-0.2, -0.15) is 5.10 Å². The Bertz CT molecular complexity index is 741. The lowest BCUT2D eigenvalue weighted by Gasteiger charge is -2.07. The van der Waals surface area contributed by atoms with E-state index in [4.69, 9.17) is 23.2 Å². The van der Waals surface area contributed by atoms with E-state index in [9.17, 15) is 8.42 Å². The number of nitrogens with zero attached hydrogens (tertiary/aromatic N) is 2. The fourth-order valence-corrected chi connectivity index (χ4v) is 3.52. The second-order valence-electron chi connectivity index (χ2n) is 4.16. The van der Waals surface area contributed by atoms with Gasteiger partial charge in [-0.3, -0.25) is 9.40 Å². The van der Waals surface area contributed by atoms with Crippen LogP contribution in [0.5, 0.6) is 0 Å². The number of aryl methyl sites for hydroxylation is 2. The van der Waals surface area contributed by atoms with E-state index in [2.05, 4.69) is 9.82 Å². The molecule has 0 aliphatic heterocycles. The third kappa shape index (κ3) is 2.92. The molecule has 0 saturated carbocycles. The van der Waals surface area contributed by atoms with Gasteiger partial charge in [-0.05, 0) is 18.6 Å². The highest BCUT2D eigenvalue weighted by atomic mass is 35.5. The lowest BCUT2D eigenvalue weighted by Crippen LogP contribution is -2.14. The van der Waals surface area contributed by atoms with Crippen molar-refractivity contribution in [2.45, 2.75) is 18.2 Å². The van der Waals surface area contributed by atoms with Crippen LogP contribution in [0.2, 0.25) is 10.0 Å². The summed E-state index contributed by atoms with van der Waals surface area (Å²) in [5.74, 6) is 0.250. The maximum atomic E-state index is 12.3.